The number of hydrogen-bond donors (Lipinski definition) is 3. The molecule has 3 aromatic heterocycles. The monoisotopic (exact) mass is 554 g/mol. The van der Waals surface area contributed by atoms with Crippen LogP contribution in [0.3, 0.4) is 0 Å². The van der Waals surface area contributed by atoms with Gasteiger partial charge >= 0.3 is 0 Å². The number of nitrogen functional groups attached to an aromatic ring is 1. The molecular formula is C34H30N6O2. The molecule has 0 saturated heterocycles. The Kier molecular flexibility index (Phi) is 7.70. The predicted octanol–water partition coefficient (Wildman–Crippen LogP) is 5.97. The number of carbonyl (C=O) groups excluding carboxylic acids is 1. The third-order valence-electron chi connectivity index (χ3n) is 7.22. The highest BCUT2D eigenvalue weighted by Crippen LogP contribution is 2.31. The number of aldehydes is 1. The van der Waals surface area contributed by atoms with E-state index in [1.165, 1.54) is 0 Å². The Bertz CT molecular complexity index is 1850. The third-order valence-corrected chi connectivity index (χ3v) is 7.22. The average Bonchev–Trinajstić information content (AvgIpc) is 3.40. The molecule has 6 aromatic rings. The summed E-state index contributed by atoms with van der Waals surface area (Å²) in [5.74, 6) is 1.13. The van der Waals surface area contributed by atoms with Crippen LogP contribution in [-0.2, 0) is 13.0 Å². The van der Waals surface area contributed by atoms with Gasteiger partial charge in [-0.3, -0.25) is 9.36 Å². The van der Waals surface area contributed by atoms with E-state index in [4.69, 9.17) is 15.7 Å². The summed E-state index contributed by atoms with van der Waals surface area (Å²) in [6.45, 7) is 1.54. The van der Waals surface area contributed by atoms with Gasteiger partial charge in [-0.2, -0.15) is 0 Å². The van der Waals surface area contributed by atoms with Crippen molar-refractivity contribution in [3.05, 3.63) is 120 Å². The van der Waals surface area contributed by atoms with Crippen molar-refractivity contribution in [2.75, 3.05) is 12.3 Å². The molecule has 0 atom stereocenters. The Morgan fingerprint density at radius 3 is 2.45 bits per heavy atom. The Morgan fingerprint density at radius 2 is 1.69 bits per heavy atom. The number of phenolic OH excluding ortho intramolecular Hbond substituents is 1. The molecule has 0 spiro atoms. The number of nitrogens with two attached hydrogens (primary N) is 1. The summed E-state index contributed by atoms with van der Waals surface area (Å²) in [5, 5.41) is 13.4. The molecule has 0 radical (unpaired) electrons. The number of rotatable bonds is 10. The normalized spacial score (nSPS) is 11.1. The second kappa shape index (κ2) is 12.0. The molecule has 208 valence electrons. The van der Waals surface area contributed by atoms with Crippen molar-refractivity contribution in [3.63, 3.8) is 0 Å². The van der Waals surface area contributed by atoms with Crippen LogP contribution in [0.2, 0.25) is 0 Å². The number of benzene rings is 3. The molecule has 42 heavy (non-hydrogen) atoms. The van der Waals surface area contributed by atoms with Crippen molar-refractivity contribution in [1.82, 2.24) is 24.8 Å². The number of aromatic nitrogens is 4. The van der Waals surface area contributed by atoms with E-state index in [1.54, 1.807) is 18.3 Å². The largest absolute Gasteiger partial charge is 0.507 e. The number of pyridine rings is 2. The summed E-state index contributed by atoms with van der Waals surface area (Å²) >= 11 is 0. The average molecular weight is 555 g/mol. The molecule has 0 unspecified atom stereocenters. The van der Waals surface area contributed by atoms with Crippen LogP contribution in [0.15, 0.2) is 103 Å². The van der Waals surface area contributed by atoms with Crippen molar-refractivity contribution in [2.24, 2.45) is 0 Å². The van der Waals surface area contributed by atoms with Crippen LogP contribution in [-0.4, -0.2) is 37.5 Å². The molecule has 0 aliphatic rings. The van der Waals surface area contributed by atoms with E-state index < -0.39 is 0 Å². The lowest BCUT2D eigenvalue weighted by molar-refractivity contribution is 0.112. The molecule has 0 bridgehead atoms. The molecule has 0 fully saturated rings. The number of hydrogen-bond acceptors (Lipinski definition) is 7. The fourth-order valence-electron chi connectivity index (χ4n) is 5.02. The van der Waals surface area contributed by atoms with Gasteiger partial charge in [0, 0.05) is 24.0 Å². The number of nitrogens with one attached hydrogen (secondary N) is 1. The van der Waals surface area contributed by atoms with Gasteiger partial charge in [0.25, 0.3) is 0 Å². The summed E-state index contributed by atoms with van der Waals surface area (Å²) in [7, 11) is 0. The molecule has 0 aliphatic carbocycles. The van der Waals surface area contributed by atoms with Gasteiger partial charge in [0.2, 0.25) is 0 Å². The molecule has 8 nitrogen and oxygen atoms in total. The number of nitrogens with zero attached hydrogens (tertiary/aromatic N) is 4. The second-order valence-electron chi connectivity index (χ2n) is 10.1. The standard InChI is InChI=1S/C34H30N6O2/c35-32-28(9-5-19-37-32)33-39-30-17-16-29(25-7-2-1-3-8-25)38-34(30)40(33)27-14-11-24(12-15-27)21-36-18-4-6-23-10-13-26(22-41)31(42)20-23/h1-3,5,7-17,19-20,22,36,42H,4,6,18,21H2,(H2,35,37). The Morgan fingerprint density at radius 1 is 0.881 bits per heavy atom. The van der Waals surface area contributed by atoms with Crippen LogP contribution in [0.25, 0.3) is 39.5 Å². The van der Waals surface area contributed by atoms with Crippen molar-refractivity contribution in [3.8, 4) is 34.1 Å². The highest BCUT2D eigenvalue weighted by Gasteiger charge is 2.18. The van der Waals surface area contributed by atoms with E-state index in [2.05, 4.69) is 34.6 Å². The number of aryl methyl sites for hydroxylation is 1. The summed E-state index contributed by atoms with van der Waals surface area (Å²) in [6, 6.07) is 31.4. The zero-order chi connectivity index (χ0) is 28.9. The topological polar surface area (TPSA) is 119 Å². The molecule has 3 heterocycles. The number of imidazole rings is 1. The smallest absolute Gasteiger partial charge is 0.165 e. The molecular weight excluding hydrogens is 524 g/mol. The maximum atomic E-state index is 10.9. The molecule has 6 rings (SSSR count). The van der Waals surface area contributed by atoms with Gasteiger partial charge in [-0.15, -0.1) is 0 Å². The number of phenols is 1. The zero-order valence-corrected chi connectivity index (χ0v) is 22.9. The van der Waals surface area contributed by atoms with Gasteiger partial charge in [0.1, 0.15) is 17.1 Å². The first-order valence-electron chi connectivity index (χ1n) is 13.8. The fourth-order valence-corrected chi connectivity index (χ4v) is 5.02. The van der Waals surface area contributed by atoms with E-state index in [9.17, 15) is 9.90 Å². The van der Waals surface area contributed by atoms with Crippen molar-refractivity contribution in [2.45, 2.75) is 19.4 Å². The van der Waals surface area contributed by atoms with Crippen molar-refractivity contribution in [1.29, 1.82) is 0 Å². The van der Waals surface area contributed by atoms with Gasteiger partial charge in [0.05, 0.1) is 16.8 Å². The van der Waals surface area contributed by atoms with Gasteiger partial charge in [-0.05, 0) is 79.0 Å². The highest BCUT2D eigenvalue weighted by atomic mass is 16.3. The first kappa shape index (κ1) is 26.9. The van der Waals surface area contributed by atoms with Gasteiger partial charge in [0.15, 0.2) is 17.8 Å². The fraction of sp³-hybridized carbons (Fsp3) is 0.118. The van der Waals surface area contributed by atoms with Crippen LogP contribution in [0.4, 0.5) is 5.82 Å². The van der Waals surface area contributed by atoms with Crippen LogP contribution >= 0.6 is 0 Å². The van der Waals surface area contributed by atoms with Crippen LogP contribution in [0.5, 0.6) is 5.75 Å². The Labute approximate surface area is 243 Å². The van der Waals surface area contributed by atoms with E-state index in [-0.39, 0.29) is 5.75 Å². The lowest BCUT2D eigenvalue weighted by Gasteiger charge is -2.12. The van der Waals surface area contributed by atoms with E-state index in [0.29, 0.717) is 23.5 Å². The molecule has 0 amide bonds. The predicted molar refractivity (Wildman–Crippen MR) is 165 cm³/mol. The van der Waals surface area contributed by atoms with Crippen LogP contribution in [0.1, 0.15) is 27.9 Å². The number of aromatic hydroxyl groups is 1. The Balaban J connectivity index is 1.22. The van der Waals surface area contributed by atoms with Gasteiger partial charge < -0.3 is 16.2 Å². The number of fused-ring (bicyclic) bond motifs is 1. The SMILES string of the molecule is Nc1ncccc1-c1nc2ccc(-c3ccccc3)nc2n1-c1ccc(CNCCCc2ccc(C=O)c(O)c2)cc1. The van der Waals surface area contributed by atoms with Crippen molar-refractivity contribution >= 4 is 23.3 Å². The second-order valence-corrected chi connectivity index (χ2v) is 10.1. The highest BCUT2D eigenvalue weighted by molar-refractivity contribution is 5.84. The third kappa shape index (κ3) is 5.61. The number of anilines is 1. The molecule has 3 aromatic carbocycles. The first-order chi connectivity index (χ1) is 20.6. The summed E-state index contributed by atoms with van der Waals surface area (Å²) in [6.07, 6.45) is 4.05. The minimum atomic E-state index is 0.0297. The maximum absolute atomic E-state index is 10.9. The van der Waals surface area contributed by atoms with Gasteiger partial charge in [-0.1, -0.05) is 48.5 Å². The van der Waals surface area contributed by atoms with Gasteiger partial charge in [-0.25, -0.2) is 15.0 Å². The summed E-state index contributed by atoms with van der Waals surface area (Å²) in [4.78, 5) is 25.1. The van der Waals surface area contributed by atoms with E-state index in [0.717, 1.165) is 70.7 Å². The van der Waals surface area contributed by atoms with E-state index in [1.807, 2.05) is 65.2 Å². The quantitative estimate of drug-likeness (QED) is 0.141. The minimum absolute atomic E-state index is 0.0297. The van der Waals surface area contributed by atoms with Crippen LogP contribution < -0.4 is 11.1 Å². The first-order valence-corrected chi connectivity index (χ1v) is 13.8. The molecule has 0 saturated carbocycles. The minimum Gasteiger partial charge on any atom is -0.507 e. The summed E-state index contributed by atoms with van der Waals surface area (Å²) in [5.41, 5.74) is 13.8. The number of carbonyl (C=O) groups is 1. The van der Waals surface area contributed by atoms with Crippen molar-refractivity contribution < 1.29 is 9.90 Å². The lowest BCUT2D eigenvalue weighted by atomic mass is 10.1. The molecule has 0 aliphatic heterocycles. The Hall–Kier alpha value is -5.34. The molecule has 4 N–H and O–H groups in total. The molecule has 8 heteroatoms. The zero-order valence-electron chi connectivity index (χ0n) is 22.9. The summed E-state index contributed by atoms with van der Waals surface area (Å²) < 4.78 is 2.04. The van der Waals surface area contributed by atoms with E-state index >= 15 is 0 Å². The maximum Gasteiger partial charge on any atom is 0.165 e. The lowest BCUT2D eigenvalue weighted by Crippen LogP contribution is -2.15. The van der Waals surface area contributed by atoms with Crippen LogP contribution in [0, 0.1) is 0 Å².